The maximum absolute atomic E-state index is 11.4. The van der Waals surface area contributed by atoms with Crippen LogP contribution in [0.5, 0.6) is 0 Å². The van der Waals surface area contributed by atoms with Crippen molar-refractivity contribution in [3.63, 3.8) is 0 Å². The molecular weight excluding hydrogens is 256 g/mol. The van der Waals surface area contributed by atoms with Gasteiger partial charge in [-0.25, -0.2) is 9.80 Å². The van der Waals surface area contributed by atoms with Gasteiger partial charge in [0.25, 0.3) is 0 Å². The van der Waals surface area contributed by atoms with Crippen LogP contribution in [-0.4, -0.2) is 47.9 Å². The van der Waals surface area contributed by atoms with E-state index >= 15 is 0 Å². The summed E-state index contributed by atoms with van der Waals surface area (Å²) in [5, 5.41) is 18.1. The molecule has 1 aromatic carbocycles. The van der Waals surface area contributed by atoms with E-state index in [0.29, 0.717) is 11.5 Å². The Balaban J connectivity index is 2.24. The van der Waals surface area contributed by atoms with E-state index in [4.69, 9.17) is 0 Å². The fourth-order valence-electron chi connectivity index (χ4n) is 1.91. The monoisotopic (exact) mass is 274 g/mol. The normalized spacial score (nSPS) is 15.8. The van der Waals surface area contributed by atoms with Gasteiger partial charge in [0.2, 0.25) is 5.96 Å². The Morgan fingerprint density at radius 1 is 1.35 bits per heavy atom. The Bertz CT molecular complexity index is 525. The van der Waals surface area contributed by atoms with Crippen molar-refractivity contribution in [2.75, 3.05) is 20.1 Å². The Morgan fingerprint density at radius 3 is 2.80 bits per heavy atom. The van der Waals surface area contributed by atoms with E-state index in [9.17, 15) is 9.90 Å². The van der Waals surface area contributed by atoms with Crippen molar-refractivity contribution in [2.24, 2.45) is 10.1 Å². The molecule has 0 aromatic heterocycles. The van der Waals surface area contributed by atoms with Gasteiger partial charge in [-0.15, -0.1) is 0 Å². The van der Waals surface area contributed by atoms with Gasteiger partial charge in [-0.05, 0) is 12.8 Å². The molecule has 0 amide bonds. The zero-order chi connectivity index (χ0) is 14.4. The molecule has 2 rings (SSSR count). The lowest BCUT2D eigenvalue weighted by atomic mass is 10.1. The third-order valence-corrected chi connectivity index (χ3v) is 2.94. The number of aliphatic carboxylic acids is 1. The molecule has 0 atom stereocenters. The number of carboxylic acid groups (broad SMARTS) is 1. The molecule has 0 aliphatic carbocycles. The highest BCUT2D eigenvalue weighted by Crippen LogP contribution is 2.04. The van der Waals surface area contributed by atoms with Gasteiger partial charge in [-0.2, -0.15) is 5.10 Å². The molecule has 1 aromatic rings. The van der Waals surface area contributed by atoms with Crippen molar-refractivity contribution in [1.82, 2.24) is 10.3 Å². The zero-order valence-corrected chi connectivity index (χ0v) is 11.4. The number of hydrogen-bond acceptors (Lipinski definition) is 5. The molecule has 0 saturated carbocycles. The second-order valence-corrected chi connectivity index (χ2v) is 4.48. The number of nitrogens with one attached hydrogen (secondary N) is 1. The minimum absolute atomic E-state index is 0.00171. The minimum Gasteiger partial charge on any atom is -0.476 e. The van der Waals surface area contributed by atoms with Gasteiger partial charge in [0, 0.05) is 25.7 Å². The highest BCUT2D eigenvalue weighted by atomic mass is 16.4. The average Bonchev–Trinajstić information content (AvgIpc) is 2.74. The van der Waals surface area contributed by atoms with Crippen LogP contribution in [0.15, 0.2) is 40.4 Å². The van der Waals surface area contributed by atoms with Gasteiger partial charge >= 0.3 is 5.97 Å². The Labute approximate surface area is 117 Å². The van der Waals surface area contributed by atoms with Crippen LogP contribution in [0.25, 0.3) is 0 Å². The largest absolute Gasteiger partial charge is 0.476 e. The van der Waals surface area contributed by atoms with Gasteiger partial charge in [0.15, 0.2) is 5.71 Å². The number of hydrazone groups is 1. The number of hydrogen-bond donors (Lipinski definition) is 2. The summed E-state index contributed by atoms with van der Waals surface area (Å²) in [4.78, 5) is 15.7. The van der Waals surface area contributed by atoms with E-state index in [1.54, 1.807) is 31.3 Å². The summed E-state index contributed by atoms with van der Waals surface area (Å²) >= 11 is 0. The van der Waals surface area contributed by atoms with E-state index in [1.165, 1.54) is 5.01 Å². The number of aliphatic imine (C=N–C) groups is 1. The number of rotatable bonds is 3. The minimum atomic E-state index is -1.06. The van der Waals surface area contributed by atoms with Crippen LogP contribution in [0.4, 0.5) is 0 Å². The molecule has 0 fully saturated rings. The number of nitrogens with zero attached hydrogens (tertiary/aromatic N) is 3. The third kappa shape index (κ3) is 3.57. The Hall–Kier alpha value is -2.37. The Morgan fingerprint density at radius 2 is 2.10 bits per heavy atom. The van der Waals surface area contributed by atoms with Crippen molar-refractivity contribution in [1.29, 1.82) is 0 Å². The molecule has 6 heteroatoms. The number of guanidine groups is 1. The highest BCUT2D eigenvalue weighted by molar-refractivity contribution is 6.42. The lowest BCUT2D eigenvalue weighted by Crippen LogP contribution is -2.37. The predicted molar refractivity (Wildman–Crippen MR) is 77.9 cm³/mol. The first-order valence-corrected chi connectivity index (χ1v) is 6.58. The summed E-state index contributed by atoms with van der Waals surface area (Å²) in [5.41, 5.74) is 0.572. The summed E-state index contributed by atoms with van der Waals surface area (Å²) in [7, 11) is 1.70. The van der Waals surface area contributed by atoms with Crippen LogP contribution in [0.1, 0.15) is 18.4 Å². The second kappa shape index (κ2) is 6.70. The summed E-state index contributed by atoms with van der Waals surface area (Å²) < 4.78 is 0. The van der Waals surface area contributed by atoms with Gasteiger partial charge in [0.05, 0.1) is 0 Å². The molecule has 1 heterocycles. The quantitative estimate of drug-likeness (QED) is 0.640. The van der Waals surface area contributed by atoms with Crippen LogP contribution in [0, 0.1) is 0 Å². The molecule has 0 spiro atoms. The standard InChI is InChI=1S/C14H18N4O2/c1-18(14-15-9-5-6-10-16-14)17-12(13(19)20)11-7-3-2-4-8-11/h2-4,7-8H,5-6,9-10H2,1H3,(H,15,16)(H,19,20)/b17-12-. The first-order valence-electron chi connectivity index (χ1n) is 6.58. The Kier molecular flexibility index (Phi) is 4.70. The van der Waals surface area contributed by atoms with Crippen LogP contribution in [-0.2, 0) is 4.79 Å². The number of carbonyl (C=O) groups is 1. The van der Waals surface area contributed by atoms with Gasteiger partial charge in [0.1, 0.15) is 0 Å². The van der Waals surface area contributed by atoms with Crippen LogP contribution in [0.3, 0.4) is 0 Å². The molecule has 0 bridgehead atoms. The first kappa shape index (κ1) is 14.0. The predicted octanol–water partition coefficient (Wildman–Crippen LogP) is 1.15. The van der Waals surface area contributed by atoms with Crippen LogP contribution in [0.2, 0.25) is 0 Å². The molecule has 2 N–H and O–H groups in total. The van der Waals surface area contributed by atoms with Gasteiger partial charge in [-0.1, -0.05) is 30.3 Å². The smallest absolute Gasteiger partial charge is 0.356 e. The maximum Gasteiger partial charge on any atom is 0.356 e. The molecule has 0 unspecified atom stereocenters. The zero-order valence-electron chi connectivity index (χ0n) is 11.4. The van der Waals surface area contributed by atoms with Crippen molar-refractivity contribution < 1.29 is 9.90 Å². The van der Waals surface area contributed by atoms with Gasteiger partial charge < -0.3 is 10.4 Å². The third-order valence-electron chi connectivity index (χ3n) is 2.94. The van der Waals surface area contributed by atoms with Crippen molar-refractivity contribution in [2.45, 2.75) is 12.8 Å². The van der Waals surface area contributed by atoms with Crippen molar-refractivity contribution in [3.8, 4) is 0 Å². The second-order valence-electron chi connectivity index (χ2n) is 4.48. The maximum atomic E-state index is 11.4. The highest BCUT2D eigenvalue weighted by Gasteiger charge is 2.15. The summed E-state index contributed by atoms with van der Waals surface area (Å²) in [6.07, 6.45) is 2.08. The SMILES string of the molecule is CN(/N=C(\C(=O)O)c1ccccc1)C1=NCCCCN1. The fraction of sp³-hybridized carbons (Fsp3) is 0.357. The molecule has 1 aliphatic heterocycles. The molecule has 0 radical (unpaired) electrons. The van der Waals surface area contributed by atoms with E-state index in [2.05, 4.69) is 15.4 Å². The van der Waals surface area contributed by atoms with E-state index in [-0.39, 0.29) is 5.71 Å². The van der Waals surface area contributed by atoms with Crippen molar-refractivity contribution >= 4 is 17.6 Å². The molecule has 20 heavy (non-hydrogen) atoms. The average molecular weight is 274 g/mol. The number of benzene rings is 1. The molecule has 106 valence electrons. The lowest BCUT2D eigenvalue weighted by molar-refractivity contribution is -0.129. The number of carboxylic acids is 1. The summed E-state index contributed by atoms with van der Waals surface area (Å²) in [6, 6.07) is 8.86. The molecule has 6 nitrogen and oxygen atoms in total. The first-order chi connectivity index (χ1) is 9.68. The molecule has 1 aliphatic rings. The summed E-state index contributed by atoms with van der Waals surface area (Å²) in [6.45, 7) is 1.56. The lowest BCUT2D eigenvalue weighted by Gasteiger charge is -2.17. The fourth-order valence-corrected chi connectivity index (χ4v) is 1.91. The molecule has 0 saturated heterocycles. The van der Waals surface area contributed by atoms with Crippen molar-refractivity contribution in [3.05, 3.63) is 35.9 Å². The van der Waals surface area contributed by atoms with E-state index < -0.39 is 5.97 Å². The van der Waals surface area contributed by atoms with E-state index in [1.807, 2.05) is 6.07 Å². The van der Waals surface area contributed by atoms with Crippen LogP contribution < -0.4 is 5.32 Å². The van der Waals surface area contributed by atoms with E-state index in [0.717, 1.165) is 25.9 Å². The van der Waals surface area contributed by atoms with Gasteiger partial charge in [-0.3, -0.25) is 4.99 Å². The van der Waals surface area contributed by atoms with Crippen LogP contribution >= 0.6 is 0 Å². The topological polar surface area (TPSA) is 77.3 Å². The molecular formula is C14H18N4O2. The summed E-state index contributed by atoms with van der Waals surface area (Å²) in [5.74, 6) is -0.450.